The lowest BCUT2D eigenvalue weighted by molar-refractivity contribution is -0.139. The van der Waals surface area contributed by atoms with Crippen LogP contribution in [0.4, 0.5) is 5.69 Å². The Labute approximate surface area is 220 Å². The van der Waals surface area contributed by atoms with Gasteiger partial charge in [-0.1, -0.05) is 52.5 Å². The van der Waals surface area contributed by atoms with Crippen molar-refractivity contribution >= 4 is 73.9 Å². The van der Waals surface area contributed by atoms with Gasteiger partial charge in [-0.2, -0.15) is 0 Å². The van der Waals surface area contributed by atoms with Crippen molar-refractivity contribution in [3.05, 3.63) is 62.1 Å². The van der Waals surface area contributed by atoms with Gasteiger partial charge in [-0.3, -0.25) is 13.9 Å². The minimum absolute atomic E-state index is 0.00137. The maximum atomic E-state index is 13.4. The molecule has 0 aliphatic rings. The van der Waals surface area contributed by atoms with Gasteiger partial charge < -0.3 is 10.2 Å². The van der Waals surface area contributed by atoms with Crippen molar-refractivity contribution in [1.82, 2.24) is 10.2 Å². The number of amides is 2. The summed E-state index contributed by atoms with van der Waals surface area (Å²) in [6.45, 7) is 4.60. The van der Waals surface area contributed by atoms with Gasteiger partial charge in [-0.25, -0.2) is 8.42 Å². The Morgan fingerprint density at radius 2 is 1.47 bits per heavy atom. The summed E-state index contributed by atoms with van der Waals surface area (Å²) in [6.07, 6.45) is 0.973. The van der Waals surface area contributed by atoms with Gasteiger partial charge in [-0.15, -0.1) is 0 Å². The van der Waals surface area contributed by atoms with Crippen LogP contribution in [0.5, 0.6) is 0 Å². The van der Waals surface area contributed by atoms with Crippen molar-refractivity contribution in [1.29, 1.82) is 0 Å². The zero-order valence-corrected chi connectivity index (χ0v) is 22.8. The van der Waals surface area contributed by atoms with Crippen molar-refractivity contribution in [2.45, 2.75) is 39.4 Å². The molecule has 0 aliphatic heterocycles. The number of sulfonamides is 1. The van der Waals surface area contributed by atoms with E-state index in [1.54, 1.807) is 39.0 Å². The first-order chi connectivity index (χ1) is 15.7. The maximum absolute atomic E-state index is 13.4. The molecule has 186 valence electrons. The highest BCUT2D eigenvalue weighted by Gasteiger charge is 2.30. The van der Waals surface area contributed by atoms with Crippen LogP contribution in [0.1, 0.15) is 26.3 Å². The molecule has 0 aliphatic carbocycles. The zero-order valence-electron chi connectivity index (χ0n) is 19.0. The van der Waals surface area contributed by atoms with E-state index in [1.807, 2.05) is 0 Å². The monoisotopic (exact) mass is 567 g/mol. The van der Waals surface area contributed by atoms with Crippen LogP contribution < -0.4 is 9.62 Å². The quantitative estimate of drug-likeness (QED) is 0.461. The van der Waals surface area contributed by atoms with E-state index < -0.39 is 28.5 Å². The number of rotatable bonds is 9. The van der Waals surface area contributed by atoms with E-state index in [9.17, 15) is 18.0 Å². The highest BCUT2D eigenvalue weighted by molar-refractivity contribution is 7.92. The lowest BCUT2D eigenvalue weighted by atomic mass is 10.1. The first-order valence-corrected chi connectivity index (χ1v) is 13.5. The van der Waals surface area contributed by atoms with Gasteiger partial charge in [0.05, 0.1) is 32.0 Å². The van der Waals surface area contributed by atoms with Crippen molar-refractivity contribution in [2.24, 2.45) is 0 Å². The molecule has 0 aromatic heterocycles. The van der Waals surface area contributed by atoms with E-state index in [0.717, 1.165) is 10.6 Å². The molecule has 1 atom stereocenters. The number of nitrogens with one attached hydrogen (secondary N) is 1. The minimum Gasteiger partial charge on any atom is -0.352 e. The van der Waals surface area contributed by atoms with Crippen molar-refractivity contribution < 1.29 is 18.0 Å². The second kappa shape index (κ2) is 11.8. The van der Waals surface area contributed by atoms with Gasteiger partial charge in [-0.05, 0) is 56.7 Å². The normalized spacial score (nSPS) is 12.4. The van der Waals surface area contributed by atoms with E-state index in [1.165, 1.54) is 23.1 Å². The van der Waals surface area contributed by atoms with E-state index in [0.29, 0.717) is 15.6 Å². The first-order valence-electron chi connectivity index (χ1n) is 10.2. The summed E-state index contributed by atoms with van der Waals surface area (Å²) in [4.78, 5) is 27.4. The molecule has 2 aromatic carbocycles. The van der Waals surface area contributed by atoms with Crippen LogP contribution in [-0.4, -0.2) is 50.0 Å². The van der Waals surface area contributed by atoms with Crippen molar-refractivity contribution in [3.8, 4) is 0 Å². The molecule has 0 spiro atoms. The highest BCUT2D eigenvalue weighted by atomic mass is 35.5. The SMILES string of the molecule is CC(C)NC(=O)C(C)N(Cc1ccc(Cl)c(Cl)c1)C(=O)CN(c1ccc(Cl)c(Cl)c1)S(C)(=O)=O. The number of carbonyl (C=O) groups excluding carboxylic acids is 2. The Balaban J connectivity index is 2.43. The van der Waals surface area contributed by atoms with E-state index in [2.05, 4.69) is 5.32 Å². The Kier molecular flexibility index (Phi) is 9.91. The number of carbonyl (C=O) groups is 2. The molecular weight excluding hydrogens is 544 g/mol. The molecule has 1 N–H and O–H groups in total. The molecular formula is C22H25Cl4N3O4S. The molecule has 2 rings (SSSR count). The van der Waals surface area contributed by atoms with Gasteiger partial charge in [0.15, 0.2) is 0 Å². The fraction of sp³-hybridized carbons (Fsp3) is 0.364. The lowest BCUT2D eigenvalue weighted by Crippen LogP contribution is -2.52. The summed E-state index contributed by atoms with van der Waals surface area (Å²) in [7, 11) is -3.88. The molecule has 34 heavy (non-hydrogen) atoms. The first kappa shape index (κ1) is 28.5. The van der Waals surface area contributed by atoms with E-state index >= 15 is 0 Å². The smallest absolute Gasteiger partial charge is 0.244 e. The molecule has 0 fully saturated rings. The Morgan fingerprint density at radius 1 is 0.912 bits per heavy atom. The summed E-state index contributed by atoms with van der Waals surface area (Å²) < 4.78 is 26.0. The number of benzene rings is 2. The standard InChI is InChI=1S/C22H25Cl4N3O4S/c1-13(2)27-22(31)14(3)28(11-15-5-7-17(23)19(25)9-15)21(30)12-29(34(4,32)33)16-6-8-18(24)20(26)10-16/h5-10,13-14H,11-12H2,1-4H3,(H,27,31). The fourth-order valence-corrected chi connectivity index (χ4v) is 4.53. The van der Waals surface area contributed by atoms with Crippen LogP contribution in [0.2, 0.25) is 20.1 Å². The van der Waals surface area contributed by atoms with Gasteiger partial charge in [0.2, 0.25) is 21.8 Å². The largest absolute Gasteiger partial charge is 0.352 e. The Hall–Kier alpha value is -1.71. The maximum Gasteiger partial charge on any atom is 0.244 e. The van der Waals surface area contributed by atoms with Crippen LogP contribution >= 0.6 is 46.4 Å². The van der Waals surface area contributed by atoms with Crippen LogP contribution in [0.15, 0.2) is 36.4 Å². The second-order valence-electron chi connectivity index (χ2n) is 7.98. The molecule has 2 amide bonds. The third-order valence-electron chi connectivity index (χ3n) is 4.81. The number of hydrogen-bond donors (Lipinski definition) is 1. The second-order valence-corrected chi connectivity index (χ2v) is 11.5. The minimum atomic E-state index is -3.88. The molecule has 2 aromatic rings. The number of nitrogens with zero attached hydrogens (tertiary/aromatic N) is 2. The number of hydrogen-bond acceptors (Lipinski definition) is 4. The predicted octanol–water partition coefficient (Wildman–Crippen LogP) is 5.01. The number of halogens is 4. The Morgan fingerprint density at radius 3 is 1.97 bits per heavy atom. The van der Waals surface area contributed by atoms with Gasteiger partial charge in [0.25, 0.3) is 0 Å². The molecule has 0 saturated carbocycles. The average Bonchev–Trinajstić information content (AvgIpc) is 2.72. The fourth-order valence-electron chi connectivity index (χ4n) is 3.08. The summed E-state index contributed by atoms with van der Waals surface area (Å²) in [5.41, 5.74) is 0.784. The van der Waals surface area contributed by atoms with Crippen LogP contribution in [0, 0.1) is 0 Å². The predicted molar refractivity (Wildman–Crippen MR) is 138 cm³/mol. The van der Waals surface area contributed by atoms with Crippen molar-refractivity contribution in [3.63, 3.8) is 0 Å². The molecule has 12 heteroatoms. The molecule has 0 bridgehead atoms. The Bertz CT molecular complexity index is 1170. The highest BCUT2D eigenvalue weighted by Crippen LogP contribution is 2.29. The van der Waals surface area contributed by atoms with Gasteiger partial charge in [0.1, 0.15) is 12.6 Å². The van der Waals surface area contributed by atoms with Gasteiger partial charge in [0, 0.05) is 12.6 Å². The molecule has 0 radical (unpaired) electrons. The molecule has 0 heterocycles. The number of anilines is 1. The summed E-state index contributed by atoms with van der Waals surface area (Å²) >= 11 is 24.1. The van der Waals surface area contributed by atoms with Crippen molar-refractivity contribution in [2.75, 3.05) is 17.1 Å². The molecule has 7 nitrogen and oxygen atoms in total. The third-order valence-corrected chi connectivity index (χ3v) is 7.42. The summed E-state index contributed by atoms with van der Waals surface area (Å²) in [5.74, 6) is -0.988. The third kappa shape index (κ3) is 7.65. The topological polar surface area (TPSA) is 86.8 Å². The van der Waals surface area contributed by atoms with Crippen LogP contribution in [-0.2, 0) is 26.2 Å². The molecule has 0 saturated heterocycles. The van der Waals surface area contributed by atoms with E-state index in [4.69, 9.17) is 46.4 Å². The zero-order chi connectivity index (χ0) is 25.8. The summed E-state index contributed by atoms with van der Waals surface area (Å²) in [6, 6.07) is 8.03. The van der Waals surface area contributed by atoms with E-state index in [-0.39, 0.29) is 34.2 Å². The van der Waals surface area contributed by atoms with Gasteiger partial charge >= 0.3 is 0 Å². The molecule has 1 unspecified atom stereocenters. The summed E-state index contributed by atoms with van der Waals surface area (Å²) in [5, 5.41) is 3.78. The van der Waals surface area contributed by atoms with Crippen LogP contribution in [0.25, 0.3) is 0 Å². The lowest BCUT2D eigenvalue weighted by Gasteiger charge is -2.32. The average molecular weight is 569 g/mol. The van der Waals surface area contributed by atoms with Crippen LogP contribution in [0.3, 0.4) is 0 Å².